The van der Waals surface area contributed by atoms with Crippen LogP contribution in [0.15, 0.2) is 48.6 Å². The van der Waals surface area contributed by atoms with Crippen LogP contribution in [-0.4, -0.2) is 74.9 Å². The van der Waals surface area contributed by atoms with E-state index in [-0.39, 0.29) is 32.0 Å². The minimum Gasteiger partial charge on any atom is -0.462 e. The number of ether oxygens (including phenoxy) is 2. The number of hydrogen-bond donors (Lipinski definition) is 1. The van der Waals surface area contributed by atoms with Gasteiger partial charge in [-0.1, -0.05) is 165 Å². The molecule has 0 rings (SSSR count). The number of rotatable bonds is 40. The summed E-state index contributed by atoms with van der Waals surface area (Å²) >= 11 is 0. The Morgan fingerprint density at radius 1 is 0.554 bits per heavy atom. The van der Waals surface area contributed by atoms with Crippen molar-refractivity contribution in [1.29, 1.82) is 0 Å². The second kappa shape index (κ2) is 38.5. The molecule has 1 N–H and O–H groups in total. The van der Waals surface area contributed by atoms with E-state index >= 15 is 0 Å². The molecule has 0 amide bonds. The molecular weight excluding hydrogens is 725 g/mol. The van der Waals surface area contributed by atoms with Crippen molar-refractivity contribution in [2.24, 2.45) is 0 Å². The fraction of sp³-hybridized carbons (Fsp3) is 0.783. The third-order valence-electron chi connectivity index (χ3n) is 9.36. The van der Waals surface area contributed by atoms with Crippen molar-refractivity contribution in [2.75, 3.05) is 47.5 Å². The van der Waals surface area contributed by atoms with Gasteiger partial charge in [0.2, 0.25) is 0 Å². The first-order chi connectivity index (χ1) is 27.0. The second-order valence-electron chi connectivity index (χ2n) is 16.1. The zero-order valence-electron chi connectivity index (χ0n) is 36.6. The number of nitrogens with zero attached hydrogens (tertiary/aromatic N) is 1. The first-order valence-corrected chi connectivity index (χ1v) is 23.9. The summed E-state index contributed by atoms with van der Waals surface area (Å²) in [6.45, 7) is 4.33. The molecular formula is C46H85NO8P+. The minimum atomic E-state index is -4.39. The van der Waals surface area contributed by atoms with Crippen LogP contribution in [0.5, 0.6) is 0 Å². The van der Waals surface area contributed by atoms with E-state index in [1.807, 2.05) is 27.2 Å². The number of allylic oxidation sites excluding steroid dienone is 8. The Bertz CT molecular complexity index is 1100. The van der Waals surface area contributed by atoms with E-state index < -0.39 is 26.5 Å². The van der Waals surface area contributed by atoms with Crippen molar-refractivity contribution in [1.82, 2.24) is 0 Å². The van der Waals surface area contributed by atoms with Gasteiger partial charge in [-0.25, -0.2) is 4.57 Å². The van der Waals surface area contributed by atoms with Crippen molar-refractivity contribution in [3.63, 3.8) is 0 Å². The van der Waals surface area contributed by atoms with Gasteiger partial charge in [0.15, 0.2) is 6.10 Å². The minimum absolute atomic E-state index is 0.0213. The molecule has 326 valence electrons. The summed E-state index contributed by atoms with van der Waals surface area (Å²) in [5.41, 5.74) is 0. The molecule has 56 heavy (non-hydrogen) atoms. The lowest BCUT2D eigenvalue weighted by Crippen LogP contribution is -2.37. The average molecular weight is 811 g/mol. The van der Waals surface area contributed by atoms with E-state index in [9.17, 15) is 19.0 Å². The lowest BCUT2D eigenvalue weighted by atomic mass is 10.0. The van der Waals surface area contributed by atoms with Gasteiger partial charge in [-0.05, 0) is 51.4 Å². The Morgan fingerprint density at radius 2 is 0.982 bits per heavy atom. The first kappa shape index (κ1) is 54.0. The average Bonchev–Trinajstić information content (AvgIpc) is 3.15. The number of unbranched alkanes of at least 4 members (excludes halogenated alkanes) is 18. The molecule has 0 radical (unpaired) electrons. The van der Waals surface area contributed by atoms with Crippen LogP contribution in [0.1, 0.15) is 181 Å². The highest BCUT2D eigenvalue weighted by atomic mass is 31.2. The quantitative estimate of drug-likeness (QED) is 0.0214. The van der Waals surface area contributed by atoms with Crippen LogP contribution < -0.4 is 0 Å². The Hall–Kier alpha value is -2.03. The van der Waals surface area contributed by atoms with Crippen molar-refractivity contribution in [2.45, 2.75) is 187 Å². The normalized spacial score (nSPS) is 14.0. The van der Waals surface area contributed by atoms with Crippen molar-refractivity contribution < 1.29 is 42.1 Å². The van der Waals surface area contributed by atoms with E-state index in [0.29, 0.717) is 17.4 Å². The summed E-state index contributed by atoms with van der Waals surface area (Å²) in [4.78, 5) is 35.3. The molecule has 9 nitrogen and oxygen atoms in total. The van der Waals surface area contributed by atoms with Gasteiger partial charge < -0.3 is 18.9 Å². The summed E-state index contributed by atoms with van der Waals surface area (Å²) in [7, 11) is 1.44. The van der Waals surface area contributed by atoms with E-state index in [4.69, 9.17) is 18.5 Å². The summed E-state index contributed by atoms with van der Waals surface area (Å²) in [5.74, 6) is -0.862. The summed E-state index contributed by atoms with van der Waals surface area (Å²) in [5, 5.41) is 0. The SMILES string of the molecule is CCCCC/C=C\C/C=C\C/C=C\C/C=C\CCCC(=O)OC(COC(=O)CCCCCCCCCCCCCCCCC)COP(=O)(O)OCC[N+](C)(C)C. The van der Waals surface area contributed by atoms with Gasteiger partial charge >= 0.3 is 19.8 Å². The van der Waals surface area contributed by atoms with E-state index in [2.05, 4.69) is 56.4 Å². The number of phosphoric ester groups is 1. The molecule has 0 aliphatic rings. The first-order valence-electron chi connectivity index (χ1n) is 22.4. The van der Waals surface area contributed by atoms with Crippen LogP contribution in [0, 0.1) is 0 Å². The van der Waals surface area contributed by atoms with Crippen LogP contribution in [0.25, 0.3) is 0 Å². The number of hydrogen-bond acceptors (Lipinski definition) is 7. The van der Waals surface area contributed by atoms with Gasteiger partial charge in [-0.2, -0.15) is 0 Å². The molecule has 0 bridgehead atoms. The van der Waals surface area contributed by atoms with Gasteiger partial charge in [-0.3, -0.25) is 18.6 Å². The fourth-order valence-corrected chi connectivity index (χ4v) is 6.57. The van der Waals surface area contributed by atoms with Gasteiger partial charge in [-0.15, -0.1) is 0 Å². The number of likely N-dealkylation sites (N-methyl/N-ethyl adjacent to an activating group) is 1. The Labute approximate surface area is 343 Å². The highest BCUT2D eigenvalue weighted by Crippen LogP contribution is 2.43. The third-order valence-corrected chi connectivity index (χ3v) is 10.3. The largest absolute Gasteiger partial charge is 0.472 e. The summed E-state index contributed by atoms with van der Waals surface area (Å²) < 4.78 is 34.2. The molecule has 0 aromatic heterocycles. The summed E-state index contributed by atoms with van der Waals surface area (Å²) in [6, 6.07) is 0. The zero-order chi connectivity index (χ0) is 41.4. The molecule has 0 saturated heterocycles. The maximum absolute atomic E-state index is 12.7. The predicted molar refractivity (Wildman–Crippen MR) is 233 cm³/mol. The van der Waals surface area contributed by atoms with Crippen molar-refractivity contribution >= 4 is 19.8 Å². The zero-order valence-corrected chi connectivity index (χ0v) is 37.5. The molecule has 10 heteroatoms. The lowest BCUT2D eigenvalue weighted by Gasteiger charge is -2.24. The number of carbonyl (C=O) groups is 2. The molecule has 2 unspecified atom stereocenters. The Kier molecular flexibility index (Phi) is 37.1. The van der Waals surface area contributed by atoms with Crippen molar-refractivity contribution in [3.05, 3.63) is 48.6 Å². The topological polar surface area (TPSA) is 108 Å². The van der Waals surface area contributed by atoms with Gasteiger partial charge in [0, 0.05) is 12.8 Å². The second-order valence-corrected chi connectivity index (χ2v) is 17.5. The molecule has 0 aliphatic heterocycles. The number of carbonyl (C=O) groups excluding carboxylic acids is 2. The predicted octanol–water partition coefficient (Wildman–Crippen LogP) is 12.7. The van der Waals surface area contributed by atoms with Crippen LogP contribution in [0.4, 0.5) is 0 Å². The van der Waals surface area contributed by atoms with Crippen LogP contribution in [-0.2, 0) is 32.7 Å². The smallest absolute Gasteiger partial charge is 0.462 e. The highest BCUT2D eigenvalue weighted by Gasteiger charge is 2.27. The Balaban J connectivity index is 4.45. The molecule has 0 fully saturated rings. The third kappa shape index (κ3) is 41.6. The van der Waals surface area contributed by atoms with Crippen LogP contribution in [0.2, 0.25) is 0 Å². The van der Waals surface area contributed by atoms with Crippen molar-refractivity contribution in [3.8, 4) is 0 Å². The van der Waals surface area contributed by atoms with E-state index in [1.54, 1.807) is 0 Å². The molecule has 0 saturated carbocycles. The lowest BCUT2D eigenvalue weighted by molar-refractivity contribution is -0.870. The number of phosphoric acid groups is 1. The standard InChI is InChI=1S/C46H84NO8P/c1-6-8-10-12-14-16-18-20-22-23-25-27-29-31-33-35-37-39-46(49)55-44(43-54-56(50,51)53-41-40-47(3,4)5)42-52-45(48)38-36-34-32-30-28-26-24-21-19-17-15-13-11-9-7-2/h14,16,20,22,25,27,31,33,44H,6-13,15,17-19,21,23-24,26,28-30,32,34-43H2,1-5H3/p+1/b16-14-,22-20-,27-25-,33-31-. The van der Waals surface area contributed by atoms with Gasteiger partial charge in [0.1, 0.15) is 19.8 Å². The van der Waals surface area contributed by atoms with Gasteiger partial charge in [0.25, 0.3) is 0 Å². The maximum Gasteiger partial charge on any atom is 0.472 e. The maximum atomic E-state index is 12.7. The van der Waals surface area contributed by atoms with E-state index in [0.717, 1.165) is 44.9 Å². The molecule has 2 atom stereocenters. The van der Waals surface area contributed by atoms with E-state index in [1.165, 1.54) is 103 Å². The van der Waals surface area contributed by atoms with Gasteiger partial charge in [0.05, 0.1) is 27.7 Å². The van der Waals surface area contributed by atoms with Crippen LogP contribution in [0.3, 0.4) is 0 Å². The molecule has 0 spiro atoms. The number of quaternary nitrogens is 1. The number of esters is 2. The highest BCUT2D eigenvalue weighted by molar-refractivity contribution is 7.47. The Morgan fingerprint density at radius 3 is 1.48 bits per heavy atom. The van der Waals surface area contributed by atoms with Crippen LogP contribution >= 0.6 is 7.82 Å². The molecule has 0 aromatic rings. The molecule has 0 aromatic carbocycles. The molecule has 0 aliphatic carbocycles. The monoisotopic (exact) mass is 811 g/mol. The molecule has 0 heterocycles. The fourth-order valence-electron chi connectivity index (χ4n) is 5.83. The summed E-state index contributed by atoms with van der Waals surface area (Å²) in [6.07, 6.45) is 44.5.